The van der Waals surface area contributed by atoms with E-state index in [0.29, 0.717) is 12.1 Å². The Morgan fingerprint density at radius 2 is 1.82 bits per heavy atom. The molecule has 114 valence electrons. The van der Waals surface area contributed by atoms with Crippen LogP contribution >= 0.6 is 0 Å². The fraction of sp³-hybridized carbons (Fsp3) is 0.471. The standard InChI is InChI=1S/C17H17NO4/c1-15(2)7-11-13(12(19)8-15)16(21)14(20)9-5-3-4-6-10(9)17(16,22)18-11/h3-6,13,21-22H,7-8H2,1-2H3/t13?,16-,17+/m1/s1. The first-order valence-corrected chi connectivity index (χ1v) is 7.41. The molecule has 0 bridgehead atoms. The van der Waals surface area contributed by atoms with Crippen LogP contribution in [0.2, 0.25) is 0 Å². The molecule has 0 amide bonds. The Kier molecular flexibility index (Phi) is 2.33. The molecule has 4 rings (SSSR count). The van der Waals surface area contributed by atoms with Crippen molar-refractivity contribution in [1.29, 1.82) is 0 Å². The van der Waals surface area contributed by atoms with Crippen LogP contribution in [0.4, 0.5) is 0 Å². The van der Waals surface area contributed by atoms with Gasteiger partial charge in [-0.3, -0.25) is 14.6 Å². The molecule has 0 radical (unpaired) electrons. The van der Waals surface area contributed by atoms with Crippen molar-refractivity contribution in [1.82, 2.24) is 0 Å². The molecule has 5 nitrogen and oxygen atoms in total. The number of carbonyl (C=O) groups excluding carboxylic acids is 2. The van der Waals surface area contributed by atoms with Gasteiger partial charge in [0.15, 0.2) is 5.60 Å². The molecule has 5 heteroatoms. The molecule has 0 spiro atoms. The highest BCUT2D eigenvalue weighted by molar-refractivity contribution is 6.21. The summed E-state index contributed by atoms with van der Waals surface area (Å²) in [5.74, 6) is -1.87. The molecule has 22 heavy (non-hydrogen) atoms. The van der Waals surface area contributed by atoms with Gasteiger partial charge in [0.25, 0.3) is 0 Å². The van der Waals surface area contributed by atoms with E-state index in [2.05, 4.69) is 4.99 Å². The average molecular weight is 299 g/mol. The number of carbonyl (C=O) groups is 2. The zero-order valence-electron chi connectivity index (χ0n) is 12.5. The number of aliphatic imine (C=N–C) groups is 1. The third-order valence-corrected chi connectivity index (χ3v) is 5.12. The van der Waals surface area contributed by atoms with Crippen molar-refractivity contribution in [2.75, 3.05) is 0 Å². The van der Waals surface area contributed by atoms with Gasteiger partial charge >= 0.3 is 0 Å². The highest BCUT2D eigenvalue weighted by Crippen LogP contribution is 2.56. The van der Waals surface area contributed by atoms with Gasteiger partial charge in [-0.25, -0.2) is 0 Å². The number of ketones is 2. The summed E-state index contributed by atoms with van der Waals surface area (Å²) in [6.07, 6.45) is 0.752. The van der Waals surface area contributed by atoms with E-state index in [9.17, 15) is 19.8 Å². The molecule has 1 fully saturated rings. The first-order chi connectivity index (χ1) is 10.2. The van der Waals surface area contributed by atoms with Crippen LogP contribution in [0.1, 0.15) is 42.6 Å². The van der Waals surface area contributed by atoms with Crippen LogP contribution in [-0.4, -0.2) is 33.1 Å². The lowest BCUT2D eigenvalue weighted by Gasteiger charge is -2.37. The average Bonchev–Trinajstić information content (AvgIpc) is 2.74. The van der Waals surface area contributed by atoms with E-state index in [1.54, 1.807) is 24.3 Å². The Balaban J connectivity index is 1.97. The summed E-state index contributed by atoms with van der Waals surface area (Å²) in [7, 11) is 0. The van der Waals surface area contributed by atoms with E-state index >= 15 is 0 Å². The zero-order valence-corrected chi connectivity index (χ0v) is 12.5. The predicted octanol–water partition coefficient (Wildman–Crippen LogP) is 1.22. The second-order valence-corrected chi connectivity index (χ2v) is 7.33. The van der Waals surface area contributed by atoms with Crippen LogP contribution < -0.4 is 0 Å². The zero-order chi connectivity index (χ0) is 15.9. The molecular formula is C17H17NO4. The Labute approximate surface area is 127 Å². The monoisotopic (exact) mass is 299 g/mol. The molecule has 0 saturated heterocycles. The fourth-order valence-corrected chi connectivity index (χ4v) is 4.23. The minimum absolute atomic E-state index is 0.227. The maximum absolute atomic E-state index is 12.7. The number of aliphatic hydroxyl groups is 2. The van der Waals surface area contributed by atoms with E-state index in [-0.39, 0.29) is 28.7 Å². The Hall–Kier alpha value is -1.85. The normalized spacial score (nSPS) is 38.4. The summed E-state index contributed by atoms with van der Waals surface area (Å²) in [4.78, 5) is 29.6. The number of nitrogens with zero attached hydrogens (tertiary/aromatic N) is 1. The van der Waals surface area contributed by atoms with Crippen LogP contribution in [0.3, 0.4) is 0 Å². The van der Waals surface area contributed by atoms with Gasteiger partial charge in [0.2, 0.25) is 11.5 Å². The van der Waals surface area contributed by atoms with E-state index in [1.807, 2.05) is 13.8 Å². The lowest BCUT2D eigenvalue weighted by Crippen LogP contribution is -2.57. The van der Waals surface area contributed by atoms with Gasteiger partial charge in [0.05, 0.1) is 5.92 Å². The minimum Gasteiger partial charge on any atom is -0.376 e. The number of hydrogen-bond donors (Lipinski definition) is 2. The lowest BCUT2D eigenvalue weighted by atomic mass is 9.65. The quantitative estimate of drug-likeness (QED) is 0.754. The maximum Gasteiger partial charge on any atom is 0.220 e. The Morgan fingerprint density at radius 3 is 2.55 bits per heavy atom. The third kappa shape index (κ3) is 1.34. The van der Waals surface area contributed by atoms with E-state index in [4.69, 9.17) is 0 Å². The first-order valence-electron chi connectivity index (χ1n) is 7.41. The summed E-state index contributed by atoms with van der Waals surface area (Å²) < 4.78 is 0. The summed E-state index contributed by atoms with van der Waals surface area (Å²) in [6.45, 7) is 3.89. The maximum atomic E-state index is 12.7. The molecule has 1 aliphatic heterocycles. The summed E-state index contributed by atoms with van der Waals surface area (Å²) >= 11 is 0. The van der Waals surface area contributed by atoms with Crippen LogP contribution in [0, 0.1) is 11.3 Å². The summed E-state index contributed by atoms with van der Waals surface area (Å²) in [6, 6.07) is 6.49. The van der Waals surface area contributed by atoms with Gasteiger partial charge in [-0.2, -0.15) is 0 Å². The molecule has 3 aliphatic rings. The highest BCUT2D eigenvalue weighted by Gasteiger charge is 2.73. The second-order valence-electron chi connectivity index (χ2n) is 7.33. The molecule has 2 aliphatic carbocycles. The van der Waals surface area contributed by atoms with Gasteiger partial charge in [0, 0.05) is 23.3 Å². The Morgan fingerprint density at radius 1 is 1.14 bits per heavy atom. The first kappa shape index (κ1) is 13.8. The second kappa shape index (κ2) is 3.73. The van der Waals surface area contributed by atoms with Crippen molar-refractivity contribution in [3.05, 3.63) is 35.4 Å². The highest BCUT2D eigenvalue weighted by atomic mass is 16.4. The number of fused-ring (bicyclic) bond motifs is 5. The van der Waals surface area contributed by atoms with Crippen molar-refractivity contribution >= 4 is 17.3 Å². The number of hydrogen-bond acceptors (Lipinski definition) is 5. The molecular weight excluding hydrogens is 282 g/mol. The molecule has 3 atom stereocenters. The smallest absolute Gasteiger partial charge is 0.220 e. The molecule has 0 aromatic heterocycles. The van der Waals surface area contributed by atoms with Crippen LogP contribution in [0.15, 0.2) is 29.3 Å². The molecule has 1 aromatic rings. The molecule has 1 saturated carbocycles. The van der Waals surface area contributed by atoms with Gasteiger partial charge in [-0.05, 0) is 11.8 Å². The largest absolute Gasteiger partial charge is 0.376 e. The number of Topliss-reactive ketones (excluding diaryl/α,β-unsaturated/α-hetero) is 2. The van der Waals surface area contributed by atoms with Gasteiger partial charge < -0.3 is 10.2 Å². The van der Waals surface area contributed by atoms with Crippen molar-refractivity contribution in [3.63, 3.8) is 0 Å². The van der Waals surface area contributed by atoms with Gasteiger partial charge in [-0.1, -0.05) is 38.1 Å². The lowest BCUT2D eigenvalue weighted by molar-refractivity contribution is -0.146. The SMILES string of the molecule is CC1(C)CC(=O)C2C(=N[C@]3(O)c4ccccc4C(=O)[C@]23O)C1. The van der Waals surface area contributed by atoms with Crippen LogP contribution in [0.25, 0.3) is 0 Å². The number of benzene rings is 1. The molecule has 1 aromatic carbocycles. The van der Waals surface area contributed by atoms with Gasteiger partial charge in [0.1, 0.15) is 5.78 Å². The van der Waals surface area contributed by atoms with Crippen molar-refractivity contribution < 1.29 is 19.8 Å². The topological polar surface area (TPSA) is 87.0 Å². The van der Waals surface area contributed by atoms with Crippen molar-refractivity contribution in [2.24, 2.45) is 16.3 Å². The third-order valence-electron chi connectivity index (χ3n) is 5.12. The summed E-state index contributed by atoms with van der Waals surface area (Å²) in [5.41, 5.74) is -3.55. The number of rotatable bonds is 0. The molecule has 2 N–H and O–H groups in total. The minimum atomic E-state index is -2.19. The van der Waals surface area contributed by atoms with Gasteiger partial charge in [-0.15, -0.1) is 0 Å². The molecule has 1 heterocycles. The van der Waals surface area contributed by atoms with E-state index < -0.39 is 23.0 Å². The predicted molar refractivity (Wildman–Crippen MR) is 78.6 cm³/mol. The van der Waals surface area contributed by atoms with Crippen LogP contribution in [-0.2, 0) is 10.5 Å². The molecule has 1 unspecified atom stereocenters. The van der Waals surface area contributed by atoms with E-state index in [0.717, 1.165) is 0 Å². The van der Waals surface area contributed by atoms with E-state index in [1.165, 1.54) is 0 Å². The summed E-state index contributed by atoms with van der Waals surface area (Å²) in [5, 5.41) is 22.1. The fourth-order valence-electron chi connectivity index (χ4n) is 4.23. The Bertz CT molecular complexity index is 766. The van der Waals surface area contributed by atoms with Crippen molar-refractivity contribution in [2.45, 2.75) is 38.0 Å². The van der Waals surface area contributed by atoms with Crippen LogP contribution in [0.5, 0.6) is 0 Å². The van der Waals surface area contributed by atoms with Crippen molar-refractivity contribution in [3.8, 4) is 0 Å².